The van der Waals surface area contributed by atoms with Crippen LogP contribution in [0.5, 0.6) is 23.0 Å². The summed E-state index contributed by atoms with van der Waals surface area (Å²) in [5, 5.41) is 45.9. The lowest BCUT2D eigenvalue weighted by atomic mass is 9.89. The molecule has 10 nitrogen and oxygen atoms in total. The van der Waals surface area contributed by atoms with E-state index in [4.69, 9.17) is 0 Å². The fourth-order valence-corrected chi connectivity index (χ4v) is 7.42. The quantitative estimate of drug-likeness (QED) is 0.121. The Balaban J connectivity index is 1.68. The molecule has 0 saturated heterocycles. The summed E-state index contributed by atoms with van der Waals surface area (Å²) in [6.45, 7) is 3.67. The second-order valence-electron chi connectivity index (χ2n) is 12.3. The molecule has 1 aliphatic carbocycles. The molecule has 0 heterocycles. The first kappa shape index (κ1) is 33.0. The molecule has 0 aliphatic heterocycles. The summed E-state index contributed by atoms with van der Waals surface area (Å²) in [7, 11) is -9.48. The standard InChI is InChI=1S/C36H32O10S2/c1-19-3-5-21(6-4-19)22-9-25-13-29-17-31(47(41,42)43)15-27(35(29)39)11-23-7-20(2)8-24(33(23)37)12-28-16-32(48(44,45)46)18-30(36(28)40)14-26(10-22)34(25)38/h3-10,15-18,37-40H,11-14H2,1-2H3,(H,41,42,43)(H,44,45,46). The lowest BCUT2D eigenvalue weighted by Gasteiger charge is -2.19. The van der Waals surface area contributed by atoms with Gasteiger partial charge < -0.3 is 20.4 Å². The molecular formula is C36H32O10S2. The van der Waals surface area contributed by atoms with Crippen LogP contribution < -0.4 is 0 Å². The van der Waals surface area contributed by atoms with E-state index in [0.717, 1.165) is 35.4 Å². The Bertz CT molecular complexity index is 2210. The third kappa shape index (κ3) is 6.47. The van der Waals surface area contributed by atoms with Crippen LogP contribution in [-0.4, -0.2) is 46.4 Å². The van der Waals surface area contributed by atoms with Crippen molar-refractivity contribution in [3.05, 3.63) is 128 Å². The first-order chi connectivity index (χ1) is 22.5. The Labute approximate surface area is 277 Å². The molecule has 0 saturated carbocycles. The van der Waals surface area contributed by atoms with E-state index in [0.29, 0.717) is 11.1 Å². The topological polar surface area (TPSA) is 190 Å². The van der Waals surface area contributed by atoms with Crippen molar-refractivity contribution in [1.29, 1.82) is 0 Å². The number of phenolic OH excluding ortho intramolecular Hbond substituents is 4. The van der Waals surface area contributed by atoms with Gasteiger partial charge in [0.1, 0.15) is 23.0 Å². The van der Waals surface area contributed by atoms with Crippen LogP contribution in [-0.2, 0) is 45.9 Å². The second kappa shape index (κ2) is 12.0. The molecular weight excluding hydrogens is 657 g/mol. The molecule has 0 aromatic heterocycles. The molecule has 48 heavy (non-hydrogen) atoms. The average Bonchev–Trinajstić information content (AvgIpc) is 2.99. The zero-order valence-electron chi connectivity index (χ0n) is 25.9. The van der Waals surface area contributed by atoms with Gasteiger partial charge in [0.2, 0.25) is 0 Å². The van der Waals surface area contributed by atoms with Gasteiger partial charge in [0.05, 0.1) is 9.79 Å². The average molecular weight is 689 g/mol. The van der Waals surface area contributed by atoms with Crippen LogP contribution in [0.2, 0.25) is 0 Å². The highest BCUT2D eigenvalue weighted by Crippen LogP contribution is 2.41. The number of hydrogen-bond acceptors (Lipinski definition) is 8. The summed E-state index contributed by atoms with van der Waals surface area (Å²) in [6, 6.07) is 18.6. The van der Waals surface area contributed by atoms with E-state index in [1.54, 1.807) is 31.2 Å². The van der Waals surface area contributed by atoms with Crippen molar-refractivity contribution in [1.82, 2.24) is 0 Å². The van der Waals surface area contributed by atoms with Crippen LogP contribution in [0.4, 0.5) is 0 Å². The maximum absolute atomic E-state index is 12.4. The molecule has 8 bridgehead atoms. The molecule has 0 atom stereocenters. The van der Waals surface area contributed by atoms with E-state index >= 15 is 0 Å². The summed E-state index contributed by atoms with van der Waals surface area (Å²) >= 11 is 0. The summed E-state index contributed by atoms with van der Waals surface area (Å²) in [5.74, 6) is -1.08. The van der Waals surface area contributed by atoms with Crippen molar-refractivity contribution >= 4 is 20.2 Å². The molecule has 6 rings (SSSR count). The summed E-state index contributed by atoms with van der Waals surface area (Å²) < 4.78 is 69.5. The zero-order valence-corrected chi connectivity index (χ0v) is 27.5. The van der Waals surface area contributed by atoms with E-state index in [2.05, 4.69) is 0 Å². The first-order valence-corrected chi connectivity index (χ1v) is 17.7. The predicted molar refractivity (Wildman–Crippen MR) is 178 cm³/mol. The van der Waals surface area contributed by atoms with Gasteiger partial charge in [-0.25, -0.2) is 0 Å². The number of hydrogen-bond donors (Lipinski definition) is 6. The van der Waals surface area contributed by atoms with E-state index in [1.807, 2.05) is 31.2 Å². The van der Waals surface area contributed by atoms with Gasteiger partial charge in [0.15, 0.2) is 0 Å². The van der Waals surface area contributed by atoms with Gasteiger partial charge in [-0.15, -0.1) is 0 Å². The second-order valence-corrected chi connectivity index (χ2v) is 15.1. The molecule has 0 amide bonds. The van der Waals surface area contributed by atoms with Crippen LogP contribution in [0, 0.1) is 13.8 Å². The van der Waals surface area contributed by atoms with E-state index in [9.17, 15) is 46.4 Å². The van der Waals surface area contributed by atoms with Gasteiger partial charge in [-0.1, -0.05) is 47.5 Å². The van der Waals surface area contributed by atoms with Gasteiger partial charge in [0, 0.05) is 47.9 Å². The molecule has 0 unspecified atom stereocenters. The number of benzene rings is 5. The lowest BCUT2D eigenvalue weighted by Crippen LogP contribution is -2.06. The molecule has 248 valence electrons. The molecule has 0 radical (unpaired) electrons. The fraction of sp³-hybridized carbons (Fsp3) is 0.167. The van der Waals surface area contributed by atoms with Gasteiger partial charge in [-0.05, 0) is 83.6 Å². The number of aryl methyl sites for hydroxylation is 2. The first-order valence-electron chi connectivity index (χ1n) is 14.9. The fourth-order valence-electron chi connectivity index (χ4n) is 6.26. The van der Waals surface area contributed by atoms with Crippen molar-refractivity contribution in [3.8, 4) is 34.1 Å². The Hall–Kier alpha value is -4.88. The van der Waals surface area contributed by atoms with E-state index < -0.39 is 30.0 Å². The van der Waals surface area contributed by atoms with Crippen molar-refractivity contribution in [2.75, 3.05) is 0 Å². The smallest absolute Gasteiger partial charge is 0.294 e. The molecule has 12 heteroatoms. The Morgan fingerprint density at radius 3 is 1.02 bits per heavy atom. The van der Waals surface area contributed by atoms with Crippen LogP contribution in [0.1, 0.15) is 55.6 Å². The van der Waals surface area contributed by atoms with Crippen LogP contribution in [0.25, 0.3) is 11.1 Å². The van der Waals surface area contributed by atoms with Crippen molar-refractivity contribution in [2.45, 2.75) is 49.3 Å². The summed E-state index contributed by atoms with van der Waals surface area (Å²) in [6.07, 6.45) is -0.751. The van der Waals surface area contributed by atoms with Gasteiger partial charge in [-0.2, -0.15) is 16.8 Å². The molecule has 5 aromatic rings. The highest BCUT2D eigenvalue weighted by atomic mass is 32.2. The number of phenols is 4. The normalized spacial score (nSPS) is 13.3. The zero-order chi connectivity index (χ0) is 34.7. The van der Waals surface area contributed by atoms with Crippen molar-refractivity contribution in [3.63, 3.8) is 0 Å². The summed E-state index contributed by atoms with van der Waals surface area (Å²) in [4.78, 5) is -0.961. The minimum absolute atomic E-state index is 0.0698. The Morgan fingerprint density at radius 2 is 0.708 bits per heavy atom. The molecule has 1 aliphatic rings. The van der Waals surface area contributed by atoms with Crippen LogP contribution in [0.3, 0.4) is 0 Å². The van der Waals surface area contributed by atoms with E-state index in [-0.39, 0.29) is 93.2 Å². The maximum Gasteiger partial charge on any atom is 0.294 e. The molecule has 0 spiro atoms. The van der Waals surface area contributed by atoms with Crippen molar-refractivity contribution in [2.24, 2.45) is 0 Å². The number of fused-ring (bicyclic) bond motifs is 8. The Morgan fingerprint density at radius 1 is 0.417 bits per heavy atom. The van der Waals surface area contributed by atoms with Crippen molar-refractivity contribution < 1.29 is 46.4 Å². The number of aromatic hydroxyl groups is 4. The maximum atomic E-state index is 12.4. The third-order valence-electron chi connectivity index (χ3n) is 8.67. The minimum atomic E-state index is -4.74. The molecule has 0 fully saturated rings. The Kier molecular flexibility index (Phi) is 8.24. The van der Waals surface area contributed by atoms with E-state index in [1.165, 1.54) is 0 Å². The monoisotopic (exact) mass is 688 g/mol. The van der Waals surface area contributed by atoms with Gasteiger partial charge in [-0.3, -0.25) is 9.11 Å². The lowest BCUT2D eigenvalue weighted by molar-refractivity contribution is 0.449. The largest absolute Gasteiger partial charge is 0.507 e. The minimum Gasteiger partial charge on any atom is -0.507 e. The van der Waals surface area contributed by atoms with Crippen LogP contribution >= 0.6 is 0 Å². The SMILES string of the molecule is Cc1ccc(-c2cc3c(O)c(c2)Cc2cc(S(=O)(=O)O)cc(c2O)Cc2cc(C)cc(c2O)Cc2cc(S(=O)(=O)O)cc(c2O)C3)cc1. The van der Waals surface area contributed by atoms with Gasteiger partial charge >= 0.3 is 0 Å². The van der Waals surface area contributed by atoms with Gasteiger partial charge in [0.25, 0.3) is 20.2 Å². The predicted octanol–water partition coefficient (Wildman–Crippen LogP) is 5.96. The molecule has 5 aromatic carbocycles. The highest BCUT2D eigenvalue weighted by Gasteiger charge is 2.24. The summed E-state index contributed by atoms with van der Waals surface area (Å²) in [5.41, 5.74) is 4.43. The molecule has 6 N–H and O–H groups in total. The van der Waals surface area contributed by atoms with Crippen LogP contribution in [0.15, 0.2) is 82.6 Å². The third-order valence-corrected chi connectivity index (χ3v) is 10.3. The highest BCUT2D eigenvalue weighted by molar-refractivity contribution is 7.86. The number of rotatable bonds is 3.